The zero-order chi connectivity index (χ0) is 19.1. The zero-order valence-corrected chi connectivity index (χ0v) is 14.0. The van der Waals surface area contributed by atoms with Gasteiger partial charge in [-0.25, -0.2) is 21.7 Å². The summed E-state index contributed by atoms with van der Waals surface area (Å²) in [5, 5.41) is 4.12. The van der Waals surface area contributed by atoms with Gasteiger partial charge in [-0.2, -0.15) is 13.9 Å². The Morgan fingerprint density at radius 3 is 2.62 bits per heavy atom. The van der Waals surface area contributed by atoms with E-state index in [1.54, 1.807) is 0 Å². The standard InChI is InChI=1S/C14H8ClF4N3O3S/c15-7-1-2-11-13(5-20-22(11)6-7)26(23,24)21-10-3-9(17)12(4-8(10)16)25-14(18)19/h1-6,14,21H. The van der Waals surface area contributed by atoms with E-state index in [0.29, 0.717) is 17.2 Å². The normalized spacial score (nSPS) is 11.9. The minimum atomic E-state index is -4.36. The van der Waals surface area contributed by atoms with Gasteiger partial charge in [0.25, 0.3) is 10.0 Å². The lowest BCUT2D eigenvalue weighted by atomic mass is 10.3. The summed E-state index contributed by atoms with van der Waals surface area (Å²) in [5.74, 6) is -3.72. The molecule has 3 aromatic rings. The first-order chi connectivity index (χ1) is 12.2. The van der Waals surface area contributed by atoms with Crippen LogP contribution in [0, 0.1) is 11.6 Å². The van der Waals surface area contributed by atoms with Gasteiger partial charge >= 0.3 is 6.61 Å². The van der Waals surface area contributed by atoms with Crippen molar-refractivity contribution in [2.75, 3.05) is 4.72 Å². The van der Waals surface area contributed by atoms with Crippen molar-refractivity contribution in [3.63, 3.8) is 0 Å². The number of benzene rings is 1. The van der Waals surface area contributed by atoms with E-state index in [1.807, 2.05) is 4.72 Å². The Labute approximate surface area is 149 Å². The summed E-state index contributed by atoms with van der Waals surface area (Å²) in [6.07, 6.45) is 2.35. The number of nitrogens with one attached hydrogen (secondary N) is 1. The molecule has 0 spiro atoms. The zero-order valence-electron chi connectivity index (χ0n) is 12.5. The highest BCUT2D eigenvalue weighted by molar-refractivity contribution is 7.93. The Balaban J connectivity index is 1.98. The van der Waals surface area contributed by atoms with Gasteiger partial charge in [0.15, 0.2) is 17.4 Å². The van der Waals surface area contributed by atoms with Crippen molar-refractivity contribution in [3.05, 3.63) is 53.3 Å². The molecule has 0 atom stereocenters. The molecule has 0 saturated carbocycles. The van der Waals surface area contributed by atoms with Crippen LogP contribution in [-0.2, 0) is 10.0 Å². The van der Waals surface area contributed by atoms with Gasteiger partial charge in [0.2, 0.25) is 0 Å². The van der Waals surface area contributed by atoms with E-state index < -0.39 is 39.7 Å². The predicted molar refractivity (Wildman–Crippen MR) is 84.0 cm³/mol. The second kappa shape index (κ2) is 6.65. The first-order valence-corrected chi connectivity index (χ1v) is 8.63. The Kier molecular flexibility index (Phi) is 4.67. The maximum Gasteiger partial charge on any atom is 0.387 e. The van der Waals surface area contributed by atoms with Crippen LogP contribution >= 0.6 is 11.6 Å². The molecule has 0 bridgehead atoms. The first-order valence-electron chi connectivity index (χ1n) is 6.77. The van der Waals surface area contributed by atoms with Crippen LogP contribution in [0.5, 0.6) is 5.75 Å². The number of alkyl halides is 2. The molecule has 0 unspecified atom stereocenters. The molecule has 26 heavy (non-hydrogen) atoms. The smallest absolute Gasteiger partial charge is 0.387 e. The second-order valence-corrected chi connectivity index (χ2v) is 7.02. The number of halogens is 5. The largest absolute Gasteiger partial charge is 0.432 e. The van der Waals surface area contributed by atoms with Crippen LogP contribution in [0.25, 0.3) is 5.52 Å². The summed E-state index contributed by atoms with van der Waals surface area (Å²) in [6, 6.07) is 3.51. The number of sulfonamides is 1. The molecule has 6 nitrogen and oxygen atoms in total. The van der Waals surface area contributed by atoms with E-state index in [2.05, 4.69) is 9.84 Å². The third-order valence-electron chi connectivity index (χ3n) is 3.22. The number of rotatable bonds is 5. The monoisotopic (exact) mass is 409 g/mol. The van der Waals surface area contributed by atoms with Gasteiger partial charge in [0.1, 0.15) is 4.90 Å². The fraction of sp³-hybridized carbons (Fsp3) is 0.0714. The lowest BCUT2D eigenvalue weighted by molar-refractivity contribution is -0.0523. The number of nitrogens with zero attached hydrogens (tertiary/aromatic N) is 2. The van der Waals surface area contributed by atoms with Crippen molar-refractivity contribution in [1.29, 1.82) is 0 Å². The summed E-state index contributed by atoms with van der Waals surface area (Å²) < 4.78 is 83.7. The minimum absolute atomic E-state index is 0.139. The molecule has 2 heterocycles. The molecule has 0 aliphatic carbocycles. The van der Waals surface area contributed by atoms with Gasteiger partial charge in [-0.05, 0) is 12.1 Å². The highest BCUT2D eigenvalue weighted by Crippen LogP contribution is 2.29. The Bertz CT molecular complexity index is 1090. The molecule has 138 valence electrons. The van der Waals surface area contributed by atoms with Crippen molar-refractivity contribution in [2.45, 2.75) is 11.5 Å². The summed E-state index contributed by atoms with van der Waals surface area (Å²) in [4.78, 5) is -0.318. The maximum atomic E-state index is 14.0. The van der Waals surface area contributed by atoms with E-state index in [1.165, 1.54) is 22.8 Å². The average molecular weight is 410 g/mol. The van der Waals surface area contributed by atoms with E-state index in [0.717, 1.165) is 6.20 Å². The second-order valence-electron chi connectivity index (χ2n) is 4.93. The quantitative estimate of drug-likeness (QED) is 0.653. The van der Waals surface area contributed by atoms with E-state index in [9.17, 15) is 26.0 Å². The van der Waals surface area contributed by atoms with Crippen LogP contribution in [0.4, 0.5) is 23.2 Å². The fourth-order valence-corrected chi connectivity index (χ4v) is 3.47. The summed E-state index contributed by atoms with van der Waals surface area (Å²) in [7, 11) is -4.36. The SMILES string of the molecule is O=S(=O)(Nc1cc(F)c(OC(F)F)cc1F)c1cnn2cc(Cl)ccc12. The van der Waals surface area contributed by atoms with Gasteiger partial charge in [-0.15, -0.1) is 0 Å². The van der Waals surface area contributed by atoms with Gasteiger partial charge < -0.3 is 4.74 Å². The fourth-order valence-electron chi connectivity index (χ4n) is 2.14. The number of ether oxygens (including phenoxy) is 1. The van der Waals surface area contributed by atoms with Gasteiger partial charge in [-0.3, -0.25) is 4.72 Å². The van der Waals surface area contributed by atoms with E-state index in [4.69, 9.17) is 11.6 Å². The summed E-state index contributed by atoms with van der Waals surface area (Å²) in [5.41, 5.74) is -0.641. The maximum absolute atomic E-state index is 14.0. The van der Waals surface area contributed by atoms with Crippen LogP contribution in [0.1, 0.15) is 0 Å². The Hall–Kier alpha value is -2.53. The third kappa shape index (κ3) is 3.53. The molecular formula is C14H8ClF4N3O3S. The highest BCUT2D eigenvalue weighted by Gasteiger charge is 2.23. The first kappa shape index (κ1) is 18.3. The topological polar surface area (TPSA) is 72.7 Å². The number of hydrogen-bond donors (Lipinski definition) is 1. The molecule has 1 aromatic carbocycles. The van der Waals surface area contributed by atoms with Crippen LogP contribution in [0.2, 0.25) is 5.02 Å². The van der Waals surface area contributed by atoms with Gasteiger partial charge in [-0.1, -0.05) is 11.6 Å². The van der Waals surface area contributed by atoms with E-state index >= 15 is 0 Å². The molecule has 0 fully saturated rings. The molecule has 3 rings (SSSR count). The molecule has 0 saturated heterocycles. The molecule has 2 aromatic heterocycles. The van der Waals surface area contributed by atoms with Crippen molar-refractivity contribution in [1.82, 2.24) is 9.61 Å². The molecular weight excluding hydrogens is 402 g/mol. The molecule has 0 aliphatic heterocycles. The number of aromatic nitrogens is 2. The highest BCUT2D eigenvalue weighted by atomic mass is 35.5. The predicted octanol–water partition coefficient (Wildman–Crippen LogP) is 3.67. The lowest BCUT2D eigenvalue weighted by Gasteiger charge is -2.11. The van der Waals surface area contributed by atoms with Crippen molar-refractivity contribution in [2.24, 2.45) is 0 Å². The Morgan fingerprint density at radius 2 is 1.92 bits per heavy atom. The van der Waals surface area contributed by atoms with Crippen molar-refractivity contribution >= 4 is 32.8 Å². The number of anilines is 1. The lowest BCUT2D eigenvalue weighted by Crippen LogP contribution is -2.14. The van der Waals surface area contributed by atoms with Crippen LogP contribution in [0.3, 0.4) is 0 Å². The number of hydrogen-bond acceptors (Lipinski definition) is 4. The van der Waals surface area contributed by atoms with Gasteiger partial charge in [0.05, 0.1) is 22.4 Å². The van der Waals surface area contributed by atoms with Crippen molar-refractivity contribution < 1.29 is 30.7 Å². The average Bonchev–Trinajstić information content (AvgIpc) is 2.95. The molecule has 0 aliphatic rings. The van der Waals surface area contributed by atoms with Crippen LogP contribution in [-0.4, -0.2) is 24.6 Å². The minimum Gasteiger partial charge on any atom is -0.432 e. The summed E-state index contributed by atoms with van der Waals surface area (Å²) in [6.45, 7) is -3.36. The van der Waals surface area contributed by atoms with Gasteiger partial charge in [0, 0.05) is 18.3 Å². The van der Waals surface area contributed by atoms with E-state index in [-0.39, 0.29) is 10.4 Å². The number of fused-ring (bicyclic) bond motifs is 1. The molecule has 12 heteroatoms. The Morgan fingerprint density at radius 1 is 1.19 bits per heavy atom. The molecule has 0 radical (unpaired) electrons. The third-order valence-corrected chi connectivity index (χ3v) is 4.82. The number of pyridine rings is 1. The molecule has 0 amide bonds. The summed E-state index contributed by atoms with van der Waals surface area (Å²) >= 11 is 5.78. The van der Waals surface area contributed by atoms with Crippen molar-refractivity contribution in [3.8, 4) is 5.75 Å². The molecule has 1 N–H and O–H groups in total. The van der Waals surface area contributed by atoms with Crippen LogP contribution < -0.4 is 9.46 Å². The van der Waals surface area contributed by atoms with Crippen LogP contribution in [0.15, 0.2) is 41.6 Å².